The zero-order valence-corrected chi connectivity index (χ0v) is 19.6. The molecule has 0 radical (unpaired) electrons. The van der Waals surface area contributed by atoms with E-state index in [1.165, 1.54) is 0 Å². The highest BCUT2D eigenvalue weighted by Crippen LogP contribution is 2.19. The van der Waals surface area contributed by atoms with Gasteiger partial charge in [0, 0.05) is 23.9 Å². The Morgan fingerprint density at radius 1 is 1.00 bits per heavy atom. The predicted octanol–water partition coefficient (Wildman–Crippen LogP) is 5.38. The van der Waals surface area contributed by atoms with Gasteiger partial charge in [-0.3, -0.25) is 14.6 Å². The molecule has 1 amide bonds. The molecule has 1 aromatic heterocycles. The summed E-state index contributed by atoms with van der Waals surface area (Å²) in [5.74, 6) is -0.463. The van der Waals surface area contributed by atoms with Crippen molar-refractivity contribution in [3.63, 3.8) is 0 Å². The highest BCUT2D eigenvalue weighted by molar-refractivity contribution is 5.94. The van der Waals surface area contributed by atoms with Crippen molar-refractivity contribution in [2.45, 2.75) is 39.0 Å². The first kappa shape index (κ1) is 25.0. The van der Waals surface area contributed by atoms with Crippen molar-refractivity contribution in [1.29, 1.82) is 0 Å². The highest BCUT2D eigenvalue weighted by Gasteiger charge is 2.17. The van der Waals surface area contributed by atoms with Crippen LogP contribution in [-0.4, -0.2) is 35.1 Å². The molecule has 0 fully saturated rings. The maximum absolute atomic E-state index is 12.4. The van der Waals surface area contributed by atoms with E-state index in [1.807, 2.05) is 54.6 Å². The molecule has 1 heterocycles. The number of amides is 1. The van der Waals surface area contributed by atoms with E-state index in [9.17, 15) is 14.7 Å². The lowest BCUT2D eigenvalue weighted by atomic mass is 9.94. The van der Waals surface area contributed by atoms with Crippen LogP contribution in [0, 0.1) is 5.92 Å². The predicted molar refractivity (Wildman–Crippen MR) is 133 cm³/mol. The minimum atomic E-state index is -0.736. The first-order valence-corrected chi connectivity index (χ1v) is 11.8. The summed E-state index contributed by atoms with van der Waals surface area (Å²) in [6, 6.07) is 20.7. The number of ether oxygens (including phenoxy) is 1. The fourth-order valence-electron chi connectivity index (χ4n) is 3.66. The third-order valence-electron chi connectivity index (χ3n) is 5.64. The molecule has 6 heteroatoms. The van der Waals surface area contributed by atoms with Crippen LogP contribution in [0.25, 0.3) is 11.3 Å². The SMILES string of the molecule is CCCCC(Cc1ccc(OCCCNC(=O)c2ccc(-c3ccccn3)cc2)cc1)C(=O)O. The smallest absolute Gasteiger partial charge is 0.306 e. The Morgan fingerprint density at radius 2 is 1.76 bits per heavy atom. The van der Waals surface area contributed by atoms with Crippen LogP contribution >= 0.6 is 0 Å². The van der Waals surface area contributed by atoms with Gasteiger partial charge in [0.05, 0.1) is 18.2 Å². The molecular formula is C28H32N2O4. The number of benzene rings is 2. The van der Waals surface area contributed by atoms with Gasteiger partial charge < -0.3 is 15.2 Å². The average molecular weight is 461 g/mol. The molecule has 3 rings (SSSR count). The van der Waals surface area contributed by atoms with Crippen molar-refractivity contribution < 1.29 is 19.4 Å². The van der Waals surface area contributed by atoms with Crippen LogP contribution in [0.2, 0.25) is 0 Å². The summed E-state index contributed by atoms with van der Waals surface area (Å²) in [6.45, 7) is 3.06. The van der Waals surface area contributed by atoms with Gasteiger partial charge in [0.1, 0.15) is 5.75 Å². The maximum atomic E-state index is 12.4. The number of hydrogen-bond acceptors (Lipinski definition) is 4. The van der Waals surface area contributed by atoms with Crippen LogP contribution in [0.3, 0.4) is 0 Å². The third kappa shape index (κ3) is 7.73. The summed E-state index contributed by atoms with van der Waals surface area (Å²) in [4.78, 5) is 28.1. The van der Waals surface area contributed by atoms with Crippen molar-refractivity contribution in [3.8, 4) is 17.0 Å². The van der Waals surface area contributed by atoms with E-state index in [-0.39, 0.29) is 11.8 Å². The molecule has 1 atom stereocenters. The first-order valence-electron chi connectivity index (χ1n) is 11.8. The van der Waals surface area contributed by atoms with Gasteiger partial charge in [-0.25, -0.2) is 0 Å². The lowest BCUT2D eigenvalue weighted by Crippen LogP contribution is -2.25. The second-order valence-corrected chi connectivity index (χ2v) is 8.28. The number of pyridine rings is 1. The van der Waals surface area contributed by atoms with Crippen LogP contribution in [0.5, 0.6) is 5.75 Å². The molecule has 3 aromatic rings. The Bertz CT molecular complexity index is 1030. The molecule has 0 aliphatic rings. The Labute approximate surface area is 201 Å². The Hall–Kier alpha value is -3.67. The quantitative estimate of drug-likeness (QED) is 0.334. The topological polar surface area (TPSA) is 88.5 Å². The number of aliphatic carboxylic acids is 1. The van der Waals surface area contributed by atoms with E-state index in [0.29, 0.717) is 38.0 Å². The van der Waals surface area contributed by atoms with Gasteiger partial charge in [0.2, 0.25) is 0 Å². The van der Waals surface area contributed by atoms with Gasteiger partial charge >= 0.3 is 5.97 Å². The minimum absolute atomic E-state index is 0.118. The molecule has 0 spiro atoms. The van der Waals surface area contributed by atoms with Crippen LogP contribution < -0.4 is 10.1 Å². The summed E-state index contributed by atoms with van der Waals surface area (Å²) in [7, 11) is 0. The zero-order chi connectivity index (χ0) is 24.2. The van der Waals surface area contributed by atoms with Crippen molar-refractivity contribution in [2.24, 2.45) is 5.92 Å². The van der Waals surface area contributed by atoms with E-state index < -0.39 is 5.97 Å². The monoisotopic (exact) mass is 460 g/mol. The van der Waals surface area contributed by atoms with Gasteiger partial charge in [-0.1, -0.05) is 50.1 Å². The van der Waals surface area contributed by atoms with Crippen molar-refractivity contribution in [1.82, 2.24) is 10.3 Å². The standard InChI is InChI=1S/C28H32N2O4/c1-2-3-7-24(28(32)33)20-21-9-15-25(16-10-21)34-19-6-18-30-27(31)23-13-11-22(12-14-23)26-8-4-5-17-29-26/h4-5,8-17,24H,2-3,6-7,18-20H2,1H3,(H,30,31)(H,32,33). The number of carbonyl (C=O) groups is 2. The van der Waals surface area contributed by atoms with E-state index in [1.54, 1.807) is 18.3 Å². The number of nitrogens with one attached hydrogen (secondary N) is 1. The Balaban J connectivity index is 1.37. The van der Waals surface area contributed by atoms with E-state index in [2.05, 4.69) is 17.2 Å². The lowest BCUT2D eigenvalue weighted by Gasteiger charge is -2.12. The molecule has 178 valence electrons. The summed E-state index contributed by atoms with van der Waals surface area (Å²) in [5.41, 5.74) is 3.45. The second kappa shape index (κ2) is 13.1. The summed E-state index contributed by atoms with van der Waals surface area (Å²) in [6.07, 6.45) is 5.57. The van der Waals surface area contributed by atoms with E-state index >= 15 is 0 Å². The van der Waals surface area contributed by atoms with Crippen LogP contribution in [-0.2, 0) is 11.2 Å². The van der Waals surface area contributed by atoms with Gasteiger partial charge in [-0.15, -0.1) is 0 Å². The molecular weight excluding hydrogens is 428 g/mol. The molecule has 6 nitrogen and oxygen atoms in total. The number of nitrogens with zero attached hydrogens (tertiary/aromatic N) is 1. The zero-order valence-electron chi connectivity index (χ0n) is 19.6. The third-order valence-corrected chi connectivity index (χ3v) is 5.64. The maximum Gasteiger partial charge on any atom is 0.306 e. The number of carboxylic acid groups (broad SMARTS) is 1. The Morgan fingerprint density at radius 3 is 2.41 bits per heavy atom. The molecule has 1 unspecified atom stereocenters. The number of unbranched alkanes of at least 4 members (excludes halogenated alkanes) is 1. The second-order valence-electron chi connectivity index (χ2n) is 8.28. The minimum Gasteiger partial charge on any atom is -0.494 e. The number of hydrogen-bond donors (Lipinski definition) is 2. The normalized spacial score (nSPS) is 11.6. The molecule has 34 heavy (non-hydrogen) atoms. The largest absolute Gasteiger partial charge is 0.494 e. The number of rotatable bonds is 13. The lowest BCUT2D eigenvalue weighted by molar-refractivity contribution is -0.142. The summed E-state index contributed by atoms with van der Waals surface area (Å²) < 4.78 is 5.76. The average Bonchev–Trinajstić information content (AvgIpc) is 2.87. The van der Waals surface area contributed by atoms with Crippen molar-refractivity contribution >= 4 is 11.9 Å². The van der Waals surface area contributed by atoms with Gasteiger partial charge in [-0.05, 0) is 61.2 Å². The molecule has 2 N–H and O–H groups in total. The molecule has 0 aliphatic carbocycles. The number of carboxylic acids is 1. The van der Waals surface area contributed by atoms with Crippen LogP contribution in [0.15, 0.2) is 72.9 Å². The van der Waals surface area contributed by atoms with Crippen molar-refractivity contribution in [2.75, 3.05) is 13.2 Å². The van der Waals surface area contributed by atoms with Crippen LogP contribution in [0.1, 0.15) is 48.5 Å². The van der Waals surface area contributed by atoms with E-state index in [4.69, 9.17) is 4.74 Å². The van der Waals surface area contributed by atoms with Gasteiger partial charge in [-0.2, -0.15) is 0 Å². The fraction of sp³-hybridized carbons (Fsp3) is 0.321. The van der Waals surface area contributed by atoms with Crippen molar-refractivity contribution in [3.05, 3.63) is 84.1 Å². The van der Waals surface area contributed by atoms with Crippen LogP contribution in [0.4, 0.5) is 0 Å². The van der Waals surface area contributed by atoms with Gasteiger partial charge in [0.25, 0.3) is 5.91 Å². The van der Waals surface area contributed by atoms with Gasteiger partial charge in [0.15, 0.2) is 0 Å². The summed E-state index contributed by atoms with van der Waals surface area (Å²) in [5, 5.41) is 12.3. The molecule has 0 saturated carbocycles. The molecule has 2 aromatic carbocycles. The molecule has 0 saturated heterocycles. The fourth-order valence-corrected chi connectivity index (χ4v) is 3.66. The van der Waals surface area contributed by atoms with E-state index in [0.717, 1.165) is 35.4 Å². The summed E-state index contributed by atoms with van der Waals surface area (Å²) >= 11 is 0. The molecule has 0 bridgehead atoms. The Kier molecular flexibility index (Phi) is 9.65. The first-order chi connectivity index (χ1) is 16.6. The number of carbonyl (C=O) groups excluding carboxylic acids is 1. The highest BCUT2D eigenvalue weighted by atomic mass is 16.5. The molecule has 0 aliphatic heterocycles. The number of aromatic nitrogens is 1.